The van der Waals surface area contributed by atoms with E-state index in [9.17, 15) is 9.59 Å². The van der Waals surface area contributed by atoms with Gasteiger partial charge in [-0.2, -0.15) is 0 Å². The minimum Gasteiger partial charge on any atom is -0.348 e. The van der Waals surface area contributed by atoms with E-state index >= 15 is 0 Å². The molecule has 2 N–H and O–H groups in total. The minimum absolute atomic E-state index is 0.118. The fourth-order valence-electron chi connectivity index (χ4n) is 3.72. The molecule has 0 saturated carbocycles. The van der Waals surface area contributed by atoms with E-state index in [1.165, 1.54) is 4.88 Å². The maximum Gasteiger partial charge on any atom is 0.256 e. The van der Waals surface area contributed by atoms with Crippen molar-refractivity contribution in [1.29, 1.82) is 0 Å². The maximum atomic E-state index is 13.1. The fraction of sp³-hybridized carbons (Fsp3) is 0.250. The highest BCUT2D eigenvalue weighted by Gasteiger charge is 2.26. The summed E-state index contributed by atoms with van der Waals surface area (Å²) in [6.07, 6.45) is 4.07. The lowest BCUT2D eigenvalue weighted by Gasteiger charge is -2.13. The van der Waals surface area contributed by atoms with Crippen LogP contribution >= 0.6 is 11.3 Å². The van der Waals surface area contributed by atoms with Gasteiger partial charge in [0.1, 0.15) is 5.00 Å². The molecule has 5 heteroatoms. The van der Waals surface area contributed by atoms with Crippen molar-refractivity contribution in [2.75, 3.05) is 5.32 Å². The molecule has 4 nitrogen and oxygen atoms in total. The van der Waals surface area contributed by atoms with E-state index < -0.39 is 0 Å². The molecule has 0 atom stereocenters. The number of hydrogen-bond donors (Lipinski definition) is 2. The first-order valence-corrected chi connectivity index (χ1v) is 10.8. The third kappa shape index (κ3) is 4.40. The summed E-state index contributed by atoms with van der Waals surface area (Å²) in [6.45, 7) is 2.43. The normalized spacial score (nSPS) is 12.9. The number of carbonyl (C=O) groups is 2. The number of thiophene rings is 1. The lowest BCUT2D eigenvalue weighted by molar-refractivity contribution is 0.0951. The first-order chi connectivity index (χ1) is 14.1. The molecule has 1 aliphatic rings. The van der Waals surface area contributed by atoms with Crippen LogP contribution in [0.3, 0.4) is 0 Å². The molecule has 4 rings (SSSR count). The van der Waals surface area contributed by atoms with Crippen molar-refractivity contribution in [3.05, 3.63) is 87.3 Å². The number of carbonyl (C=O) groups excluding carboxylic acids is 2. The largest absolute Gasteiger partial charge is 0.348 e. The predicted octanol–water partition coefficient (Wildman–Crippen LogP) is 5.12. The van der Waals surface area contributed by atoms with Gasteiger partial charge in [0.15, 0.2) is 0 Å². The van der Waals surface area contributed by atoms with Crippen LogP contribution in [-0.2, 0) is 19.4 Å². The van der Waals surface area contributed by atoms with Gasteiger partial charge < -0.3 is 10.6 Å². The van der Waals surface area contributed by atoms with Gasteiger partial charge in [0.2, 0.25) is 0 Å². The summed E-state index contributed by atoms with van der Waals surface area (Å²) in [7, 11) is 0. The molecular formula is C24H24N2O2S. The van der Waals surface area contributed by atoms with Crippen molar-refractivity contribution in [2.24, 2.45) is 0 Å². The van der Waals surface area contributed by atoms with Crippen molar-refractivity contribution in [3.63, 3.8) is 0 Å². The van der Waals surface area contributed by atoms with Gasteiger partial charge in [-0.25, -0.2) is 0 Å². The van der Waals surface area contributed by atoms with E-state index in [-0.39, 0.29) is 11.8 Å². The van der Waals surface area contributed by atoms with Crippen molar-refractivity contribution in [1.82, 2.24) is 5.32 Å². The lowest BCUT2D eigenvalue weighted by Crippen LogP contribution is -2.25. The molecule has 1 aliphatic carbocycles. The SMILES string of the molecule is Cc1cccc(C(=O)Nc2sc3c(c2C(=O)NCc2ccccc2)CCCC3)c1. The first kappa shape index (κ1) is 19.4. The Morgan fingerprint density at radius 1 is 0.966 bits per heavy atom. The number of rotatable bonds is 5. The second kappa shape index (κ2) is 8.62. The van der Waals surface area contributed by atoms with Crippen LogP contribution in [0.2, 0.25) is 0 Å². The van der Waals surface area contributed by atoms with E-state index in [1.807, 2.05) is 55.5 Å². The minimum atomic E-state index is -0.176. The van der Waals surface area contributed by atoms with Crippen LogP contribution in [0, 0.1) is 6.92 Å². The van der Waals surface area contributed by atoms with Crippen LogP contribution in [0.5, 0.6) is 0 Å². The Morgan fingerprint density at radius 3 is 2.55 bits per heavy atom. The van der Waals surface area contributed by atoms with E-state index in [1.54, 1.807) is 17.4 Å². The summed E-state index contributed by atoms with van der Waals surface area (Å²) >= 11 is 1.55. The maximum absolute atomic E-state index is 13.1. The zero-order valence-electron chi connectivity index (χ0n) is 16.5. The molecular weight excluding hydrogens is 380 g/mol. The Balaban J connectivity index is 1.59. The number of benzene rings is 2. The summed E-state index contributed by atoms with van der Waals surface area (Å²) in [4.78, 5) is 27.1. The molecule has 1 heterocycles. The number of fused-ring (bicyclic) bond motifs is 1. The molecule has 1 aromatic heterocycles. The molecule has 0 aliphatic heterocycles. The van der Waals surface area contributed by atoms with Crippen LogP contribution in [-0.4, -0.2) is 11.8 Å². The van der Waals surface area contributed by atoms with Gasteiger partial charge in [-0.05, 0) is 55.9 Å². The highest BCUT2D eigenvalue weighted by Crippen LogP contribution is 2.38. The van der Waals surface area contributed by atoms with Gasteiger partial charge in [-0.3, -0.25) is 9.59 Å². The number of amides is 2. The van der Waals surface area contributed by atoms with E-state index in [4.69, 9.17) is 0 Å². The first-order valence-electron chi connectivity index (χ1n) is 9.96. The Kier molecular flexibility index (Phi) is 5.76. The summed E-state index contributed by atoms with van der Waals surface area (Å²) < 4.78 is 0. The molecule has 148 valence electrons. The number of anilines is 1. The van der Waals surface area contributed by atoms with Gasteiger partial charge >= 0.3 is 0 Å². The van der Waals surface area contributed by atoms with Crippen LogP contribution < -0.4 is 10.6 Å². The molecule has 2 amide bonds. The number of hydrogen-bond acceptors (Lipinski definition) is 3. The van der Waals surface area contributed by atoms with E-state index in [0.29, 0.717) is 22.7 Å². The molecule has 0 saturated heterocycles. The monoisotopic (exact) mass is 404 g/mol. The molecule has 0 fully saturated rings. The summed E-state index contributed by atoms with van der Waals surface area (Å²) in [5, 5.41) is 6.70. The third-order valence-corrected chi connectivity index (χ3v) is 6.41. The topological polar surface area (TPSA) is 58.2 Å². The van der Waals surface area contributed by atoms with E-state index in [0.717, 1.165) is 42.4 Å². The van der Waals surface area contributed by atoms with Gasteiger partial charge in [-0.1, -0.05) is 48.0 Å². The Labute approximate surface area is 175 Å². The van der Waals surface area contributed by atoms with Crippen LogP contribution in [0.15, 0.2) is 54.6 Å². The predicted molar refractivity (Wildman–Crippen MR) is 118 cm³/mol. The number of aryl methyl sites for hydroxylation is 2. The van der Waals surface area contributed by atoms with E-state index in [2.05, 4.69) is 10.6 Å². The lowest BCUT2D eigenvalue weighted by atomic mass is 9.95. The molecule has 3 aromatic rings. The van der Waals surface area contributed by atoms with Crippen LogP contribution in [0.4, 0.5) is 5.00 Å². The van der Waals surface area contributed by atoms with Gasteiger partial charge in [0.25, 0.3) is 11.8 Å². The standard InChI is InChI=1S/C24H24N2O2S/c1-16-8-7-11-18(14-16)22(27)26-24-21(19-12-5-6-13-20(19)29-24)23(28)25-15-17-9-3-2-4-10-17/h2-4,7-11,14H,5-6,12-13,15H2,1H3,(H,25,28)(H,26,27). The average molecular weight is 405 g/mol. The highest BCUT2D eigenvalue weighted by atomic mass is 32.1. The molecule has 0 radical (unpaired) electrons. The summed E-state index contributed by atoms with van der Waals surface area (Å²) in [5.41, 5.74) is 4.43. The molecule has 29 heavy (non-hydrogen) atoms. The van der Waals surface area contributed by atoms with Gasteiger partial charge in [0.05, 0.1) is 5.56 Å². The zero-order valence-corrected chi connectivity index (χ0v) is 17.3. The molecule has 0 spiro atoms. The second-order valence-electron chi connectivity index (χ2n) is 7.41. The van der Waals surface area contributed by atoms with Crippen molar-refractivity contribution in [2.45, 2.75) is 39.2 Å². The summed E-state index contributed by atoms with van der Waals surface area (Å²) in [5.74, 6) is -0.294. The Bertz CT molecular complexity index is 1040. The smallest absolute Gasteiger partial charge is 0.256 e. The zero-order chi connectivity index (χ0) is 20.2. The average Bonchev–Trinajstić information content (AvgIpc) is 3.10. The van der Waals surface area contributed by atoms with Gasteiger partial charge in [-0.15, -0.1) is 11.3 Å². The molecule has 0 bridgehead atoms. The highest BCUT2D eigenvalue weighted by molar-refractivity contribution is 7.17. The molecule has 0 unspecified atom stereocenters. The second-order valence-corrected chi connectivity index (χ2v) is 8.51. The fourth-order valence-corrected chi connectivity index (χ4v) is 5.00. The Morgan fingerprint density at radius 2 is 1.76 bits per heavy atom. The van der Waals surface area contributed by atoms with Gasteiger partial charge in [0, 0.05) is 17.0 Å². The summed E-state index contributed by atoms with van der Waals surface area (Å²) in [6, 6.07) is 17.3. The quantitative estimate of drug-likeness (QED) is 0.620. The van der Waals surface area contributed by atoms with Crippen LogP contribution in [0.1, 0.15) is 55.1 Å². The third-order valence-electron chi connectivity index (χ3n) is 5.20. The Hall–Kier alpha value is -2.92. The van der Waals surface area contributed by atoms with Crippen molar-refractivity contribution < 1.29 is 9.59 Å². The van der Waals surface area contributed by atoms with Crippen LogP contribution in [0.25, 0.3) is 0 Å². The molecule has 2 aromatic carbocycles. The van der Waals surface area contributed by atoms with Crippen molar-refractivity contribution in [3.8, 4) is 0 Å². The number of nitrogens with one attached hydrogen (secondary N) is 2. The van der Waals surface area contributed by atoms with Crippen molar-refractivity contribution >= 4 is 28.2 Å².